The van der Waals surface area contributed by atoms with Gasteiger partial charge in [0, 0.05) is 33.3 Å². The monoisotopic (exact) mass is 440 g/mol. The molecule has 0 saturated heterocycles. The standard InChI is InChI=1S/C30H20N4/c1-19-8-6-9-21(18-19)27-24-16-15-20-10-7-17-31-28(20)29(24)33-30(32-27)34-25-13-4-2-11-22(25)23-12-3-5-14-26(23)34/h2-18H,1H3/i6D,8D,9D,18D. The lowest BCUT2D eigenvalue weighted by Gasteiger charge is -2.13. The van der Waals surface area contributed by atoms with Crippen LogP contribution in [0.1, 0.15) is 11.0 Å². The normalized spacial score (nSPS) is 13.3. The van der Waals surface area contributed by atoms with Crippen LogP contribution in [0.4, 0.5) is 0 Å². The van der Waals surface area contributed by atoms with Gasteiger partial charge in [-0.1, -0.05) is 72.2 Å². The Morgan fingerprint density at radius 3 is 2.29 bits per heavy atom. The molecule has 0 radical (unpaired) electrons. The minimum Gasteiger partial charge on any atom is -0.278 e. The summed E-state index contributed by atoms with van der Waals surface area (Å²) in [5.74, 6) is 0.390. The predicted molar refractivity (Wildman–Crippen MR) is 139 cm³/mol. The number of hydrogen-bond acceptors (Lipinski definition) is 3. The molecular formula is C30H20N4. The minimum atomic E-state index is -0.224. The SMILES string of the molecule is [2H]c1c([2H])c(C)c([2H])c(-c2nc(-n3c4ccccc4c4ccccc43)nc3c2ccc2cccnc23)c1[2H]. The van der Waals surface area contributed by atoms with E-state index in [1.54, 1.807) is 13.1 Å². The van der Waals surface area contributed by atoms with Crippen molar-refractivity contribution in [1.82, 2.24) is 19.5 Å². The van der Waals surface area contributed by atoms with E-state index in [9.17, 15) is 0 Å². The summed E-state index contributed by atoms with van der Waals surface area (Å²) in [5, 5.41) is 3.68. The molecule has 0 fully saturated rings. The van der Waals surface area contributed by atoms with Crippen molar-refractivity contribution in [3.05, 3.63) is 109 Å². The van der Waals surface area contributed by atoms with Crippen molar-refractivity contribution in [2.45, 2.75) is 6.92 Å². The highest BCUT2D eigenvalue weighted by atomic mass is 15.2. The largest absolute Gasteiger partial charge is 0.278 e. The van der Waals surface area contributed by atoms with E-state index in [-0.39, 0.29) is 29.7 Å². The summed E-state index contributed by atoms with van der Waals surface area (Å²) in [6, 6.07) is 23.3. The van der Waals surface area contributed by atoms with Gasteiger partial charge in [0.15, 0.2) is 0 Å². The number of rotatable bonds is 2. The molecule has 0 saturated carbocycles. The molecule has 0 aliphatic rings. The van der Waals surface area contributed by atoms with Gasteiger partial charge in [0.1, 0.15) is 5.52 Å². The van der Waals surface area contributed by atoms with Crippen LogP contribution in [0.3, 0.4) is 0 Å². The van der Waals surface area contributed by atoms with E-state index in [1.165, 1.54) is 0 Å². The van der Waals surface area contributed by atoms with E-state index >= 15 is 0 Å². The number of fused-ring (bicyclic) bond motifs is 6. The van der Waals surface area contributed by atoms with Crippen molar-refractivity contribution in [2.24, 2.45) is 0 Å². The quantitative estimate of drug-likeness (QED) is 0.266. The summed E-state index contributed by atoms with van der Waals surface area (Å²) in [6.45, 7) is 1.64. The first kappa shape index (κ1) is 15.3. The van der Waals surface area contributed by atoms with Crippen LogP contribution < -0.4 is 0 Å². The van der Waals surface area contributed by atoms with Crippen LogP contribution >= 0.6 is 0 Å². The fourth-order valence-corrected chi connectivity index (χ4v) is 4.70. The van der Waals surface area contributed by atoms with Gasteiger partial charge in [-0.3, -0.25) is 9.55 Å². The molecule has 4 aromatic carbocycles. The van der Waals surface area contributed by atoms with Crippen molar-refractivity contribution >= 4 is 43.6 Å². The zero-order valence-corrected chi connectivity index (χ0v) is 18.3. The number of pyridine rings is 1. The maximum atomic E-state index is 8.85. The second-order valence-corrected chi connectivity index (χ2v) is 8.28. The first-order valence-electron chi connectivity index (χ1n) is 13.1. The van der Waals surface area contributed by atoms with E-state index < -0.39 is 0 Å². The number of benzene rings is 4. The molecule has 7 rings (SSSR count). The molecule has 0 bridgehead atoms. The van der Waals surface area contributed by atoms with Gasteiger partial charge in [-0.05, 0) is 37.2 Å². The Bertz CT molecular complexity index is 2020. The minimum absolute atomic E-state index is 0.0188. The van der Waals surface area contributed by atoms with Gasteiger partial charge in [-0.15, -0.1) is 0 Å². The number of hydrogen-bond donors (Lipinski definition) is 0. The van der Waals surface area contributed by atoms with Crippen LogP contribution in [0.2, 0.25) is 0 Å². The third-order valence-electron chi connectivity index (χ3n) is 6.19. The molecule has 3 heterocycles. The van der Waals surface area contributed by atoms with E-state index in [0.29, 0.717) is 33.6 Å². The van der Waals surface area contributed by atoms with Crippen LogP contribution in [-0.4, -0.2) is 19.5 Å². The molecule has 34 heavy (non-hydrogen) atoms. The van der Waals surface area contributed by atoms with Gasteiger partial charge in [-0.25, -0.2) is 9.97 Å². The fourth-order valence-electron chi connectivity index (χ4n) is 4.70. The van der Waals surface area contributed by atoms with Crippen LogP contribution in [0.15, 0.2) is 103 Å². The lowest BCUT2D eigenvalue weighted by Crippen LogP contribution is -2.04. The van der Waals surface area contributed by atoms with Crippen molar-refractivity contribution in [3.63, 3.8) is 0 Å². The van der Waals surface area contributed by atoms with Crippen molar-refractivity contribution in [1.29, 1.82) is 0 Å². The van der Waals surface area contributed by atoms with Gasteiger partial charge >= 0.3 is 0 Å². The van der Waals surface area contributed by atoms with Crippen LogP contribution in [0.5, 0.6) is 0 Å². The molecule has 3 aromatic heterocycles. The number of aromatic nitrogens is 4. The van der Waals surface area contributed by atoms with Gasteiger partial charge in [0.05, 0.1) is 27.7 Å². The van der Waals surface area contributed by atoms with Crippen molar-refractivity contribution < 1.29 is 5.48 Å². The maximum Gasteiger partial charge on any atom is 0.235 e. The van der Waals surface area contributed by atoms with E-state index in [4.69, 9.17) is 15.5 Å². The van der Waals surface area contributed by atoms with E-state index in [1.807, 2.05) is 65.2 Å². The summed E-state index contributed by atoms with van der Waals surface area (Å²) in [7, 11) is 0. The molecule has 0 unspecified atom stereocenters. The second kappa shape index (κ2) is 7.22. The third-order valence-corrected chi connectivity index (χ3v) is 6.19. The Hall–Kier alpha value is -4.57. The van der Waals surface area contributed by atoms with Gasteiger partial charge in [0.25, 0.3) is 0 Å². The smallest absolute Gasteiger partial charge is 0.235 e. The first-order valence-corrected chi connectivity index (χ1v) is 11.1. The Kier molecular flexibility index (Phi) is 3.25. The summed E-state index contributed by atoms with van der Waals surface area (Å²) >= 11 is 0. The Morgan fingerprint density at radius 2 is 1.50 bits per heavy atom. The molecule has 0 N–H and O–H groups in total. The second-order valence-electron chi connectivity index (χ2n) is 8.28. The molecule has 0 atom stereocenters. The average molecular weight is 441 g/mol. The molecule has 160 valence electrons. The number of nitrogens with zero attached hydrogens (tertiary/aromatic N) is 4. The van der Waals surface area contributed by atoms with E-state index in [0.717, 1.165) is 27.2 Å². The summed E-state index contributed by atoms with van der Waals surface area (Å²) in [4.78, 5) is 14.7. The summed E-state index contributed by atoms with van der Waals surface area (Å²) in [5.41, 5.74) is 4.09. The fraction of sp³-hybridized carbons (Fsp3) is 0.0333. The molecule has 4 nitrogen and oxygen atoms in total. The molecule has 0 spiro atoms. The first-order chi connectivity index (χ1) is 18.5. The molecule has 4 heteroatoms. The van der Waals surface area contributed by atoms with Crippen molar-refractivity contribution in [3.8, 4) is 17.2 Å². The highest BCUT2D eigenvalue weighted by molar-refractivity contribution is 6.10. The summed E-state index contributed by atoms with van der Waals surface area (Å²) < 4.78 is 36.2. The Morgan fingerprint density at radius 1 is 0.735 bits per heavy atom. The highest BCUT2D eigenvalue weighted by Gasteiger charge is 2.18. The van der Waals surface area contributed by atoms with Crippen LogP contribution in [-0.2, 0) is 0 Å². The average Bonchev–Trinajstić information content (AvgIpc) is 3.29. The van der Waals surface area contributed by atoms with Gasteiger partial charge < -0.3 is 0 Å². The van der Waals surface area contributed by atoms with Crippen LogP contribution in [0.25, 0.3) is 60.8 Å². The predicted octanol–water partition coefficient (Wildman–Crippen LogP) is 7.25. The van der Waals surface area contributed by atoms with Gasteiger partial charge in [-0.2, -0.15) is 0 Å². The zero-order chi connectivity index (χ0) is 26.1. The van der Waals surface area contributed by atoms with Crippen molar-refractivity contribution in [2.75, 3.05) is 0 Å². The maximum absolute atomic E-state index is 8.85. The number of para-hydroxylation sites is 2. The topological polar surface area (TPSA) is 43.6 Å². The molecule has 0 amide bonds. The lowest BCUT2D eigenvalue weighted by atomic mass is 10.0. The van der Waals surface area contributed by atoms with E-state index in [2.05, 4.69) is 17.1 Å². The Labute approximate surface area is 201 Å². The molecule has 0 aliphatic carbocycles. The lowest BCUT2D eigenvalue weighted by molar-refractivity contribution is 1.01. The van der Waals surface area contributed by atoms with Crippen LogP contribution in [0, 0.1) is 6.92 Å². The third kappa shape index (κ3) is 2.75. The highest BCUT2D eigenvalue weighted by Crippen LogP contribution is 2.35. The summed E-state index contributed by atoms with van der Waals surface area (Å²) in [6.07, 6.45) is 1.72. The molecule has 0 aliphatic heterocycles. The zero-order valence-electron chi connectivity index (χ0n) is 22.3. The molecule has 7 aromatic rings. The molecular weight excluding hydrogens is 416 g/mol. The Balaban J connectivity index is 1.70. The van der Waals surface area contributed by atoms with Gasteiger partial charge in [0.2, 0.25) is 5.95 Å².